The van der Waals surface area contributed by atoms with Crippen LogP contribution in [0.4, 0.5) is 0 Å². The predicted molar refractivity (Wildman–Crippen MR) is 127 cm³/mol. The Hall–Kier alpha value is -2.08. The van der Waals surface area contributed by atoms with Crippen LogP contribution in [0.1, 0.15) is 58.4 Å². The summed E-state index contributed by atoms with van der Waals surface area (Å²) in [4.78, 5) is 13.5. The number of likely N-dealkylation sites (N-methyl/N-ethyl adjacent to an activating group) is 1. The molecular weight excluding hydrogens is 440 g/mol. The summed E-state index contributed by atoms with van der Waals surface area (Å²) in [6, 6.07) is 4.39. The van der Waals surface area contributed by atoms with Crippen LogP contribution >= 0.6 is 0 Å². The summed E-state index contributed by atoms with van der Waals surface area (Å²) in [6.45, 7) is 5.31. The van der Waals surface area contributed by atoms with Crippen LogP contribution in [0.5, 0.6) is 5.75 Å². The molecule has 7 nitrogen and oxygen atoms in total. The maximum absolute atomic E-state index is 13.5. The van der Waals surface area contributed by atoms with E-state index in [0.29, 0.717) is 18.0 Å². The lowest BCUT2D eigenvalue weighted by atomic mass is 9.90. The third kappa shape index (κ3) is 6.08. The molecule has 1 aliphatic heterocycles. The first kappa shape index (κ1) is 25.5. The zero-order valence-electron chi connectivity index (χ0n) is 20.1. The first-order valence-corrected chi connectivity index (χ1v) is 13.2. The average molecular weight is 477 g/mol. The van der Waals surface area contributed by atoms with Gasteiger partial charge in [0.1, 0.15) is 16.7 Å². The van der Waals surface area contributed by atoms with Crippen molar-refractivity contribution < 1.29 is 23.1 Å². The van der Waals surface area contributed by atoms with Gasteiger partial charge in [-0.2, -0.15) is 4.31 Å². The van der Waals surface area contributed by atoms with Crippen LogP contribution in [0.25, 0.3) is 0 Å². The van der Waals surface area contributed by atoms with Gasteiger partial charge in [-0.3, -0.25) is 4.79 Å². The zero-order chi connectivity index (χ0) is 24.2. The smallest absolute Gasteiger partial charge is 0.247 e. The minimum atomic E-state index is -3.89. The molecule has 1 heterocycles. The van der Waals surface area contributed by atoms with E-state index >= 15 is 0 Å². The van der Waals surface area contributed by atoms with E-state index in [-0.39, 0.29) is 35.6 Å². The number of carbonyl (C=O) groups excluding carboxylic acids is 1. The van der Waals surface area contributed by atoms with Crippen molar-refractivity contribution in [3.05, 3.63) is 23.8 Å². The number of carbonyl (C=O) groups is 1. The molecular formula is C25H36N2O5S. The minimum absolute atomic E-state index is 0.0633. The average Bonchev–Trinajstić information content (AvgIpc) is 2.79. The quantitative estimate of drug-likeness (QED) is 0.676. The van der Waals surface area contributed by atoms with Gasteiger partial charge in [0.2, 0.25) is 15.9 Å². The maximum atomic E-state index is 13.5. The second kappa shape index (κ2) is 10.9. The van der Waals surface area contributed by atoms with E-state index in [1.165, 1.54) is 30.5 Å². The number of aliphatic hydroxyl groups is 1. The molecule has 0 aromatic heterocycles. The minimum Gasteiger partial charge on any atom is -0.487 e. The highest BCUT2D eigenvalue weighted by Crippen LogP contribution is 2.34. The topological polar surface area (TPSA) is 87.2 Å². The first-order valence-electron chi connectivity index (χ1n) is 11.8. The van der Waals surface area contributed by atoms with Crippen molar-refractivity contribution in [1.29, 1.82) is 0 Å². The molecule has 1 aliphatic carbocycles. The summed E-state index contributed by atoms with van der Waals surface area (Å²) in [5.41, 5.74) is 0.711. The van der Waals surface area contributed by atoms with E-state index in [9.17, 15) is 18.3 Å². The van der Waals surface area contributed by atoms with Gasteiger partial charge in [0.05, 0.1) is 13.2 Å². The van der Waals surface area contributed by atoms with Crippen LogP contribution in [0.15, 0.2) is 23.1 Å². The van der Waals surface area contributed by atoms with Gasteiger partial charge in [0.15, 0.2) is 0 Å². The molecule has 33 heavy (non-hydrogen) atoms. The van der Waals surface area contributed by atoms with Crippen LogP contribution in [-0.2, 0) is 14.8 Å². The van der Waals surface area contributed by atoms with Gasteiger partial charge in [0.25, 0.3) is 0 Å². The van der Waals surface area contributed by atoms with Gasteiger partial charge in [-0.05, 0) is 38.0 Å². The van der Waals surface area contributed by atoms with Gasteiger partial charge in [-0.25, -0.2) is 8.42 Å². The zero-order valence-corrected chi connectivity index (χ0v) is 20.9. The molecule has 0 unspecified atom stereocenters. The summed E-state index contributed by atoms with van der Waals surface area (Å²) < 4.78 is 34.6. The van der Waals surface area contributed by atoms with Crippen LogP contribution in [0, 0.1) is 23.7 Å². The van der Waals surface area contributed by atoms with Crippen molar-refractivity contribution in [2.75, 3.05) is 26.7 Å². The second-order valence-electron chi connectivity index (χ2n) is 9.41. The number of aliphatic hydroxyl groups excluding tert-OH is 1. The van der Waals surface area contributed by atoms with Crippen molar-refractivity contribution in [3.8, 4) is 17.6 Å². The molecule has 0 bridgehead atoms. The number of hydrogen-bond donors (Lipinski definition) is 1. The SMILES string of the molecule is CC(=O)N(C)C[C@@H]1Oc2cc(C#CC3CCCCC3)ccc2S(=O)(=O)N([C@H](C)CO)C[C@@H]1C. The van der Waals surface area contributed by atoms with Crippen LogP contribution in [0.3, 0.4) is 0 Å². The fourth-order valence-corrected chi connectivity index (χ4v) is 6.18. The highest BCUT2D eigenvalue weighted by Gasteiger charge is 2.38. The number of nitrogens with zero attached hydrogens (tertiary/aromatic N) is 2. The Morgan fingerprint density at radius 2 is 2.00 bits per heavy atom. The highest BCUT2D eigenvalue weighted by molar-refractivity contribution is 7.89. The lowest BCUT2D eigenvalue weighted by molar-refractivity contribution is -0.129. The summed E-state index contributed by atoms with van der Waals surface area (Å²) in [7, 11) is -2.18. The van der Waals surface area contributed by atoms with E-state index in [0.717, 1.165) is 12.8 Å². The first-order chi connectivity index (χ1) is 15.6. The Balaban J connectivity index is 2.02. The van der Waals surface area contributed by atoms with E-state index < -0.39 is 22.2 Å². The fourth-order valence-electron chi connectivity index (χ4n) is 4.35. The van der Waals surface area contributed by atoms with Crippen LogP contribution in [0.2, 0.25) is 0 Å². The molecule has 1 aromatic carbocycles. The third-order valence-corrected chi connectivity index (χ3v) is 8.70. The molecule has 2 aliphatic rings. The number of amides is 1. The number of fused-ring (bicyclic) bond motifs is 1. The molecule has 0 radical (unpaired) electrons. The van der Waals surface area contributed by atoms with Crippen molar-refractivity contribution in [3.63, 3.8) is 0 Å². The Kier molecular flexibility index (Phi) is 8.43. The number of ether oxygens (including phenoxy) is 1. The second-order valence-corrected chi connectivity index (χ2v) is 11.3. The molecule has 1 N–H and O–H groups in total. The number of sulfonamides is 1. The standard InChI is InChI=1S/C25H36N2O5S/c1-18-15-27(19(2)17-28)33(30,31)25-13-12-22(11-10-21-8-6-5-7-9-21)14-23(25)32-24(18)16-26(4)20(3)29/h12-14,18-19,21,24,28H,5-9,15-17H2,1-4H3/t18-,19+,24-/m0/s1. The van der Waals surface area contributed by atoms with Gasteiger partial charge in [-0.15, -0.1) is 0 Å². The predicted octanol–water partition coefficient (Wildman–Crippen LogP) is 2.87. The number of hydrogen-bond acceptors (Lipinski definition) is 5. The third-order valence-electron chi connectivity index (χ3n) is 6.68. The Morgan fingerprint density at radius 3 is 2.64 bits per heavy atom. The van der Waals surface area contributed by atoms with E-state index in [4.69, 9.17) is 4.74 Å². The van der Waals surface area contributed by atoms with Crippen molar-refractivity contribution in [2.45, 2.75) is 69.9 Å². The van der Waals surface area contributed by atoms with Crippen molar-refractivity contribution in [2.24, 2.45) is 11.8 Å². The summed E-state index contributed by atoms with van der Waals surface area (Å²) in [5.74, 6) is 6.89. The summed E-state index contributed by atoms with van der Waals surface area (Å²) >= 11 is 0. The van der Waals surface area contributed by atoms with E-state index in [2.05, 4.69) is 11.8 Å². The van der Waals surface area contributed by atoms with Crippen molar-refractivity contribution >= 4 is 15.9 Å². The molecule has 3 atom stereocenters. The lowest BCUT2D eigenvalue weighted by Gasteiger charge is -2.37. The van der Waals surface area contributed by atoms with E-state index in [1.807, 2.05) is 6.92 Å². The molecule has 182 valence electrons. The normalized spacial score (nSPS) is 24.3. The van der Waals surface area contributed by atoms with Crippen LogP contribution in [-0.4, -0.2) is 67.5 Å². The monoisotopic (exact) mass is 476 g/mol. The fraction of sp³-hybridized carbons (Fsp3) is 0.640. The maximum Gasteiger partial charge on any atom is 0.247 e. The molecule has 1 fully saturated rings. The van der Waals surface area contributed by atoms with Gasteiger partial charge in [-0.1, -0.05) is 38.0 Å². The van der Waals surface area contributed by atoms with Gasteiger partial charge < -0.3 is 14.7 Å². The summed E-state index contributed by atoms with van der Waals surface area (Å²) in [6.07, 6.45) is 5.46. The number of benzene rings is 1. The Morgan fingerprint density at radius 1 is 1.30 bits per heavy atom. The molecule has 1 amide bonds. The Bertz CT molecular complexity index is 1010. The lowest BCUT2D eigenvalue weighted by Crippen LogP contribution is -2.50. The van der Waals surface area contributed by atoms with Crippen LogP contribution < -0.4 is 4.74 Å². The van der Waals surface area contributed by atoms with Crippen molar-refractivity contribution in [1.82, 2.24) is 9.21 Å². The Labute approximate surface area is 198 Å². The molecule has 1 aromatic rings. The van der Waals surface area contributed by atoms with Gasteiger partial charge >= 0.3 is 0 Å². The highest BCUT2D eigenvalue weighted by atomic mass is 32.2. The molecule has 8 heteroatoms. The van der Waals surface area contributed by atoms with Gasteiger partial charge in [0, 0.05) is 44.0 Å². The molecule has 3 rings (SSSR count). The molecule has 1 saturated carbocycles. The largest absolute Gasteiger partial charge is 0.487 e. The summed E-state index contributed by atoms with van der Waals surface area (Å²) in [5, 5.41) is 9.73. The number of rotatable bonds is 4. The van der Waals surface area contributed by atoms with E-state index in [1.54, 1.807) is 37.1 Å². The molecule has 0 spiro atoms. The molecule has 0 saturated heterocycles.